The summed E-state index contributed by atoms with van der Waals surface area (Å²) in [7, 11) is 1.67. The summed E-state index contributed by atoms with van der Waals surface area (Å²) in [6.45, 7) is 4.17. The molecule has 0 saturated carbocycles. The van der Waals surface area contributed by atoms with Gasteiger partial charge in [0.2, 0.25) is 0 Å². The van der Waals surface area contributed by atoms with Gasteiger partial charge in [0.05, 0.1) is 13.2 Å². The van der Waals surface area contributed by atoms with E-state index in [0.29, 0.717) is 5.11 Å². The van der Waals surface area contributed by atoms with Crippen LogP contribution in [-0.4, -0.2) is 17.8 Å². The summed E-state index contributed by atoms with van der Waals surface area (Å²) >= 11 is 5.49. The lowest BCUT2D eigenvalue weighted by Gasteiger charge is -2.38. The van der Waals surface area contributed by atoms with Crippen LogP contribution < -0.4 is 20.1 Å². The largest absolute Gasteiger partial charge is 0.497 e. The Balaban J connectivity index is 1.80. The summed E-state index contributed by atoms with van der Waals surface area (Å²) in [4.78, 5) is 0. The quantitative estimate of drug-likeness (QED) is 0.815. The van der Waals surface area contributed by atoms with Gasteiger partial charge in [0.15, 0.2) is 5.11 Å². The van der Waals surface area contributed by atoms with E-state index in [-0.39, 0.29) is 11.6 Å². The van der Waals surface area contributed by atoms with Crippen LogP contribution in [0.1, 0.15) is 31.9 Å². The van der Waals surface area contributed by atoms with Crippen molar-refractivity contribution in [1.29, 1.82) is 0 Å². The van der Waals surface area contributed by atoms with Crippen molar-refractivity contribution in [3.8, 4) is 11.5 Å². The van der Waals surface area contributed by atoms with E-state index >= 15 is 0 Å². The van der Waals surface area contributed by atoms with Crippen LogP contribution in [0.4, 0.5) is 5.69 Å². The molecule has 24 heavy (non-hydrogen) atoms. The van der Waals surface area contributed by atoms with Gasteiger partial charge in [0, 0.05) is 17.7 Å². The molecule has 0 spiro atoms. The molecule has 4 nitrogen and oxygen atoms in total. The van der Waals surface area contributed by atoms with Crippen LogP contribution >= 0.6 is 12.2 Å². The Kier molecular flexibility index (Phi) is 4.62. The highest BCUT2D eigenvalue weighted by Gasteiger charge is 2.34. The molecule has 2 aromatic rings. The number of methoxy groups -OCH3 is 1. The number of anilines is 1. The van der Waals surface area contributed by atoms with Crippen molar-refractivity contribution in [2.75, 3.05) is 12.4 Å². The smallest absolute Gasteiger partial charge is 0.171 e. The molecule has 3 rings (SSSR count). The first kappa shape index (κ1) is 16.6. The van der Waals surface area contributed by atoms with Crippen molar-refractivity contribution in [2.45, 2.75) is 31.9 Å². The van der Waals surface area contributed by atoms with Crippen molar-refractivity contribution >= 4 is 23.0 Å². The highest BCUT2D eigenvalue weighted by molar-refractivity contribution is 7.80. The zero-order valence-corrected chi connectivity index (χ0v) is 14.9. The number of hydrogen-bond acceptors (Lipinski definition) is 3. The predicted octanol–water partition coefficient (Wildman–Crippen LogP) is 4.28. The van der Waals surface area contributed by atoms with Crippen LogP contribution in [0.3, 0.4) is 0 Å². The number of fused-ring (bicyclic) bond motifs is 1. The van der Waals surface area contributed by atoms with Gasteiger partial charge in [-0.3, -0.25) is 0 Å². The molecule has 0 saturated heterocycles. The fraction of sp³-hybridized carbons (Fsp3) is 0.316. The SMILES string of the molecule is COc1ccc2c(c1)C(NC(=S)Nc1ccccc1)CC(C)(C)O2. The van der Waals surface area contributed by atoms with Crippen LogP contribution in [0.2, 0.25) is 0 Å². The molecule has 5 heteroatoms. The first-order chi connectivity index (χ1) is 11.5. The van der Waals surface area contributed by atoms with Crippen molar-refractivity contribution in [2.24, 2.45) is 0 Å². The van der Waals surface area contributed by atoms with E-state index in [0.717, 1.165) is 29.2 Å². The summed E-state index contributed by atoms with van der Waals surface area (Å²) in [5.41, 5.74) is 1.76. The third-order valence-corrected chi connectivity index (χ3v) is 4.23. The third-order valence-electron chi connectivity index (χ3n) is 4.01. The van der Waals surface area contributed by atoms with Crippen LogP contribution in [0.25, 0.3) is 0 Å². The molecular weight excluding hydrogens is 320 g/mol. The van der Waals surface area contributed by atoms with E-state index in [4.69, 9.17) is 21.7 Å². The maximum Gasteiger partial charge on any atom is 0.171 e. The highest BCUT2D eigenvalue weighted by atomic mass is 32.1. The minimum atomic E-state index is -0.262. The van der Waals surface area contributed by atoms with E-state index in [1.165, 1.54) is 0 Å². The van der Waals surface area contributed by atoms with Gasteiger partial charge >= 0.3 is 0 Å². The molecule has 0 aromatic heterocycles. The van der Waals surface area contributed by atoms with Gasteiger partial charge in [-0.1, -0.05) is 18.2 Å². The molecule has 0 aliphatic carbocycles. The molecule has 1 aliphatic heterocycles. The number of ether oxygens (including phenoxy) is 2. The second-order valence-corrected chi connectivity index (χ2v) is 6.89. The average molecular weight is 342 g/mol. The van der Waals surface area contributed by atoms with Gasteiger partial charge < -0.3 is 20.1 Å². The standard InChI is InChI=1S/C19H22N2O2S/c1-19(2)12-16(15-11-14(22-3)9-10-17(15)23-19)21-18(24)20-13-7-5-4-6-8-13/h4-11,16H,12H2,1-3H3,(H2,20,21,24). The Morgan fingerprint density at radius 2 is 1.96 bits per heavy atom. The zero-order valence-electron chi connectivity index (χ0n) is 14.1. The maximum absolute atomic E-state index is 6.09. The fourth-order valence-corrected chi connectivity index (χ4v) is 3.20. The molecule has 126 valence electrons. The highest BCUT2D eigenvalue weighted by Crippen LogP contribution is 2.41. The molecule has 0 radical (unpaired) electrons. The Labute approximate surface area is 148 Å². The van der Waals surface area contributed by atoms with Gasteiger partial charge in [-0.25, -0.2) is 0 Å². The Morgan fingerprint density at radius 1 is 1.21 bits per heavy atom. The molecule has 0 amide bonds. The molecule has 1 heterocycles. The number of nitrogens with one attached hydrogen (secondary N) is 2. The molecule has 2 N–H and O–H groups in total. The summed E-state index contributed by atoms with van der Waals surface area (Å²) < 4.78 is 11.4. The Bertz CT molecular complexity index is 731. The Morgan fingerprint density at radius 3 is 2.67 bits per heavy atom. The topological polar surface area (TPSA) is 42.5 Å². The lowest BCUT2D eigenvalue weighted by atomic mass is 9.89. The van der Waals surface area contributed by atoms with Gasteiger partial charge in [-0.2, -0.15) is 0 Å². The average Bonchev–Trinajstić information content (AvgIpc) is 2.54. The zero-order chi connectivity index (χ0) is 17.2. The Hall–Kier alpha value is -2.27. The fourth-order valence-electron chi connectivity index (χ4n) is 2.94. The summed E-state index contributed by atoms with van der Waals surface area (Å²) in [5, 5.41) is 7.23. The minimum Gasteiger partial charge on any atom is -0.497 e. The molecule has 1 unspecified atom stereocenters. The number of benzene rings is 2. The lowest BCUT2D eigenvalue weighted by Crippen LogP contribution is -2.42. The second kappa shape index (κ2) is 6.69. The summed E-state index contributed by atoms with van der Waals surface area (Å²) in [5.74, 6) is 1.68. The predicted molar refractivity (Wildman–Crippen MR) is 101 cm³/mol. The maximum atomic E-state index is 6.09. The number of thiocarbonyl (C=S) groups is 1. The van der Waals surface area contributed by atoms with Crippen LogP contribution in [0.5, 0.6) is 11.5 Å². The third kappa shape index (κ3) is 3.79. The molecule has 2 aromatic carbocycles. The van der Waals surface area contributed by atoms with Crippen molar-refractivity contribution in [3.63, 3.8) is 0 Å². The van der Waals surface area contributed by atoms with Crippen LogP contribution in [0.15, 0.2) is 48.5 Å². The molecule has 1 aliphatic rings. The van der Waals surface area contributed by atoms with E-state index < -0.39 is 0 Å². The minimum absolute atomic E-state index is 0.0579. The van der Waals surface area contributed by atoms with Crippen molar-refractivity contribution in [3.05, 3.63) is 54.1 Å². The number of hydrogen-bond donors (Lipinski definition) is 2. The van der Waals surface area contributed by atoms with E-state index in [1.807, 2.05) is 48.5 Å². The second-order valence-electron chi connectivity index (χ2n) is 6.49. The molecule has 1 atom stereocenters. The number of para-hydroxylation sites is 1. The van der Waals surface area contributed by atoms with Gasteiger partial charge in [-0.05, 0) is 56.4 Å². The van der Waals surface area contributed by atoms with Gasteiger partial charge in [0.25, 0.3) is 0 Å². The lowest BCUT2D eigenvalue weighted by molar-refractivity contribution is 0.0695. The number of rotatable bonds is 3. The molecule has 0 fully saturated rings. The van der Waals surface area contributed by atoms with Gasteiger partial charge in [0.1, 0.15) is 17.1 Å². The van der Waals surface area contributed by atoms with E-state index in [2.05, 4.69) is 24.5 Å². The normalized spacial score (nSPS) is 18.0. The molecule has 0 bridgehead atoms. The van der Waals surface area contributed by atoms with E-state index in [9.17, 15) is 0 Å². The first-order valence-corrected chi connectivity index (χ1v) is 8.37. The van der Waals surface area contributed by atoms with Crippen molar-refractivity contribution < 1.29 is 9.47 Å². The van der Waals surface area contributed by atoms with Crippen LogP contribution in [-0.2, 0) is 0 Å². The molecular formula is C19H22N2O2S. The van der Waals surface area contributed by atoms with Crippen LogP contribution in [0, 0.1) is 0 Å². The van der Waals surface area contributed by atoms with Crippen molar-refractivity contribution in [1.82, 2.24) is 5.32 Å². The van der Waals surface area contributed by atoms with E-state index in [1.54, 1.807) is 7.11 Å². The summed E-state index contributed by atoms with van der Waals surface area (Å²) in [6, 6.07) is 15.8. The van der Waals surface area contributed by atoms with Gasteiger partial charge in [-0.15, -0.1) is 0 Å². The monoisotopic (exact) mass is 342 g/mol. The first-order valence-electron chi connectivity index (χ1n) is 7.96. The summed E-state index contributed by atoms with van der Waals surface area (Å²) in [6.07, 6.45) is 0.809.